The molecule has 5 rings (SSSR count). The number of benzene rings is 3. The van der Waals surface area contributed by atoms with Gasteiger partial charge in [0.05, 0.1) is 0 Å². The van der Waals surface area contributed by atoms with Gasteiger partial charge in [0.15, 0.2) is 17.1 Å². The van der Waals surface area contributed by atoms with Crippen LogP contribution in [0.25, 0.3) is 22.6 Å². The van der Waals surface area contributed by atoms with E-state index in [-0.39, 0.29) is 12.7 Å². The van der Waals surface area contributed by atoms with Crippen LogP contribution in [0.1, 0.15) is 27.0 Å². The van der Waals surface area contributed by atoms with Gasteiger partial charge in [-0.05, 0) is 73.0 Å². The van der Waals surface area contributed by atoms with Gasteiger partial charge in [-0.25, -0.2) is 4.98 Å². The van der Waals surface area contributed by atoms with Crippen molar-refractivity contribution in [2.45, 2.75) is 20.4 Å². The molecule has 0 unspecified atom stereocenters. The van der Waals surface area contributed by atoms with Crippen molar-refractivity contribution in [2.24, 2.45) is 0 Å². The van der Waals surface area contributed by atoms with Crippen LogP contribution in [-0.4, -0.2) is 17.7 Å². The van der Waals surface area contributed by atoms with Gasteiger partial charge in [0.2, 0.25) is 12.7 Å². The molecule has 4 aromatic rings. The third-order valence-corrected chi connectivity index (χ3v) is 5.29. The first-order valence-electron chi connectivity index (χ1n) is 9.72. The van der Waals surface area contributed by atoms with Gasteiger partial charge in [-0.3, -0.25) is 4.79 Å². The molecule has 0 fully saturated rings. The minimum absolute atomic E-state index is 0.165. The first kappa shape index (κ1) is 18.2. The van der Waals surface area contributed by atoms with E-state index in [1.54, 1.807) is 18.2 Å². The predicted octanol–water partition coefficient (Wildman–Crippen LogP) is 4.77. The molecule has 0 saturated heterocycles. The quantitative estimate of drug-likeness (QED) is 0.534. The summed E-state index contributed by atoms with van der Waals surface area (Å²) in [7, 11) is 0. The van der Waals surface area contributed by atoms with Crippen LogP contribution < -0.4 is 14.8 Å². The molecule has 0 aliphatic carbocycles. The van der Waals surface area contributed by atoms with E-state index in [9.17, 15) is 4.79 Å². The van der Waals surface area contributed by atoms with Crippen molar-refractivity contribution in [1.29, 1.82) is 0 Å². The highest BCUT2D eigenvalue weighted by Crippen LogP contribution is 2.32. The third kappa shape index (κ3) is 3.37. The highest BCUT2D eigenvalue weighted by atomic mass is 16.7. The molecule has 1 amide bonds. The van der Waals surface area contributed by atoms with Gasteiger partial charge >= 0.3 is 0 Å². The SMILES string of the molecule is Cc1cc2nc(-c3ccc(CNC(=O)c4ccc5c(c4)OCO5)cc3)oc2cc1C. The Bertz CT molecular complexity index is 1220. The first-order valence-corrected chi connectivity index (χ1v) is 9.72. The van der Waals surface area contributed by atoms with Crippen LogP contribution in [0, 0.1) is 13.8 Å². The van der Waals surface area contributed by atoms with Crippen molar-refractivity contribution >= 4 is 17.0 Å². The van der Waals surface area contributed by atoms with Crippen LogP contribution >= 0.6 is 0 Å². The number of nitrogens with zero attached hydrogens (tertiary/aromatic N) is 1. The number of carbonyl (C=O) groups is 1. The molecule has 0 bridgehead atoms. The lowest BCUT2D eigenvalue weighted by atomic mass is 10.1. The zero-order valence-electron chi connectivity index (χ0n) is 16.7. The van der Waals surface area contributed by atoms with Crippen molar-refractivity contribution in [3.05, 3.63) is 76.9 Å². The Hall–Kier alpha value is -3.80. The summed E-state index contributed by atoms with van der Waals surface area (Å²) < 4.78 is 16.5. The highest BCUT2D eigenvalue weighted by molar-refractivity contribution is 5.94. The van der Waals surface area contributed by atoms with Gasteiger partial charge in [0.25, 0.3) is 5.91 Å². The predicted molar refractivity (Wildman–Crippen MR) is 113 cm³/mol. The molecule has 0 atom stereocenters. The van der Waals surface area contributed by atoms with Gasteiger partial charge < -0.3 is 19.2 Å². The maximum atomic E-state index is 12.4. The van der Waals surface area contributed by atoms with Crippen LogP contribution in [0.15, 0.2) is 59.0 Å². The number of carbonyl (C=O) groups excluding carboxylic acids is 1. The summed E-state index contributed by atoms with van der Waals surface area (Å²) in [4.78, 5) is 17.0. The fourth-order valence-electron chi connectivity index (χ4n) is 3.39. The van der Waals surface area contributed by atoms with Gasteiger partial charge in [-0.1, -0.05) is 12.1 Å². The lowest BCUT2D eigenvalue weighted by Crippen LogP contribution is -2.22. The third-order valence-electron chi connectivity index (χ3n) is 5.29. The monoisotopic (exact) mass is 400 g/mol. The Morgan fingerprint density at radius 2 is 1.73 bits per heavy atom. The average Bonchev–Trinajstić information content (AvgIpc) is 3.39. The van der Waals surface area contributed by atoms with Crippen LogP contribution in [0.3, 0.4) is 0 Å². The van der Waals surface area contributed by atoms with Crippen molar-refractivity contribution in [1.82, 2.24) is 10.3 Å². The average molecular weight is 400 g/mol. The molecule has 6 nitrogen and oxygen atoms in total. The summed E-state index contributed by atoms with van der Waals surface area (Å²) in [6.45, 7) is 4.73. The number of rotatable bonds is 4. The van der Waals surface area contributed by atoms with E-state index in [1.807, 2.05) is 36.4 Å². The molecule has 1 N–H and O–H groups in total. The van der Waals surface area contributed by atoms with E-state index in [2.05, 4.69) is 24.1 Å². The second kappa shape index (κ2) is 7.22. The van der Waals surface area contributed by atoms with Crippen molar-refractivity contribution < 1.29 is 18.7 Å². The van der Waals surface area contributed by atoms with E-state index < -0.39 is 0 Å². The summed E-state index contributed by atoms with van der Waals surface area (Å²) in [5.74, 6) is 1.68. The zero-order valence-corrected chi connectivity index (χ0v) is 16.7. The standard InChI is InChI=1S/C24H20N2O4/c1-14-9-19-21(10-15(14)2)30-24(26-19)17-5-3-16(4-6-17)12-25-23(27)18-7-8-20-22(11-18)29-13-28-20/h3-11H,12-13H2,1-2H3,(H,25,27). The van der Waals surface area contributed by atoms with Gasteiger partial charge in [-0.15, -0.1) is 0 Å². The maximum absolute atomic E-state index is 12.4. The van der Waals surface area contributed by atoms with Crippen LogP contribution in [0.5, 0.6) is 11.5 Å². The number of ether oxygens (including phenoxy) is 2. The molecule has 30 heavy (non-hydrogen) atoms. The number of fused-ring (bicyclic) bond motifs is 2. The van der Waals surface area contributed by atoms with Gasteiger partial charge in [0.1, 0.15) is 5.52 Å². The summed E-state index contributed by atoms with van der Waals surface area (Å²) in [5, 5.41) is 2.93. The normalized spacial score (nSPS) is 12.3. The second-order valence-electron chi connectivity index (χ2n) is 7.37. The second-order valence-corrected chi connectivity index (χ2v) is 7.37. The molecule has 1 aromatic heterocycles. The maximum Gasteiger partial charge on any atom is 0.251 e. The fourth-order valence-corrected chi connectivity index (χ4v) is 3.39. The Morgan fingerprint density at radius 3 is 2.57 bits per heavy atom. The molecule has 0 saturated carbocycles. The van der Waals surface area contributed by atoms with Crippen molar-refractivity contribution in [3.8, 4) is 23.0 Å². The molecule has 6 heteroatoms. The number of hydrogen-bond acceptors (Lipinski definition) is 5. The Kier molecular flexibility index (Phi) is 4.39. The fraction of sp³-hybridized carbons (Fsp3) is 0.167. The van der Waals surface area contributed by atoms with E-state index in [4.69, 9.17) is 13.9 Å². The zero-order chi connectivity index (χ0) is 20.7. The minimum Gasteiger partial charge on any atom is -0.454 e. The number of nitrogens with one attached hydrogen (secondary N) is 1. The van der Waals surface area contributed by atoms with Crippen molar-refractivity contribution in [2.75, 3.05) is 6.79 Å². The Labute approximate surface area is 173 Å². The number of amides is 1. The number of aromatic nitrogens is 1. The largest absolute Gasteiger partial charge is 0.454 e. The highest BCUT2D eigenvalue weighted by Gasteiger charge is 2.16. The molecular weight excluding hydrogens is 380 g/mol. The minimum atomic E-state index is -0.165. The van der Waals surface area contributed by atoms with E-state index in [1.165, 1.54) is 11.1 Å². The lowest BCUT2D eigenvalue weighted by molar-refractivity contribution is 0.0950. The molecule has 0 spiro atoms. The summed E-state index contributed by atoms with van der Waals surface area (Å²) in [5.41, 5.74) is 6.42. The Balaban J connectivity index is 1.28. The molecule has 0 radical (unpaired) electrons. The van der Waals surface area contributed by atoms with E-state index in [0.717, 1.165) is 22.2 Å². The summed E-state index contributed by atoms with van der Waals surface area (Å²) in [6, 6.07) is 17.0. The molecule has 1 aliphatic rings. The number of aryl methyl sites for hydroxylation is 2. The van der Waals surface area contributed by atoms with Crippen LogP contribution in [0.2, 0.25) is 0 Å². The molecular formula is C24H20N2O4. The number of hydrogen-bond donors (Lipinski definition) is 1. The lowest BCUT2D eigenvalue weighted by Gasteiger charge is -2.07. The molecule has 150 valence electrons. The van der Waals surface area contributed by atoms with E-state index >= 15 is 0 Å². The number of oxazole rings is 1. The summed E-state index contributed by atoms with van der Waals surface area (Å²) >= 11 is 0. The summed E-state index contributed by atoms with van der Waals surface area (Å²) in [6.07, 6.45) is 0. The van der Waals surface area contributed by atoms with Crippen LogP contribution in [0.4, 0.5) is 0 Å². The van der Waals surface area contributed by atoms with Crippen molar-refractivity contribution in [3.63, 3.8) is 0 Å². The van der Waals surface area contributed by atoms with Gasteiger partial charge in [-0.2, -0.15) is 0 Å². The smallest absolute Gasteiger partial charge is 0.251 e. The van der Waals surface area contributed by atoms with Gasteiger partial charge in [0, 0.05) is 17.7 Å². The first-order chi connectivity index (χ1) is 14.6. The Morgan fingerprint density at radius 1 is 0.967 bits per heavy atom. The molecule has 2 heterocycles. The van der Waals surface area contributed by atoms with E-state index in [0.29, 0.717) is 29.5 Å². The topological polar surface area (TPSA) is 73.6 Å². The molecule has 3 aromatic carbocycles. The van der Waals surface area contributed by atoms with Crippen LogP contribution in [-0.2, 0) is 6.54 Å². The molecule has 1 aliphatic heterocycles.